The van der Waals surface area contributed by atoms with Gasteiger partial charge in [0.1, 0.15) is 0 Å². The third-order valence-corrected chi connectivity index (χ3v) is 3.06. The zero-order valence-corrected chi connectivity index (χ0v) is 9.21. The Morgan fingerprint density at radius 3 is 2.85 bits per heavy atom. The normalized spacial score (nSPS) is 10.6. The zero-order valence-electron chi connectivity index (χ0n) is 8.39. The summed E-state index contributed by atoms with van der Waals surface area (Å²) in [4.78, 5) is 1.46. The lowest BCUT2D eigenvalue weighted by Crippen LogP contribution is -2.19. The van der Waals surface area contributed by atoms with Crippen molar-refractivity contribution in [3.05, 3.63) is 21.9 Å². The summed E-state index contributed by atoms with van der Waals surface area (Å²) in [7, 11) is 1.99. The zero-order chi connectivity index (χ0) is 9.52. The van der Waals surface area contributed by atoms with Crippen molar-refractivity contribution in [2.24, 2.45) is 0 Å². The number of rotatable bonds is 6. The Bertz CT molecular complexity index is 233. The predicted molar refractivity (Wildman–Crippen MR) is 59.3 cm³/mol. The minimum Gasteiger partial charge on any atom is -0.320 e. The molecule has 1 heterocycles. The first kappa shape index (κ1) is 10.7. The van der Waals surface area contributed by atoms with Crippen molar-refractivity contribution < 1.29 is 0 Å². The summed E-state index contributed by atoms with van der Waals surface area (Å²) in [5, 5.41) is 8.72. The Morgan fingerprint density at radius 1 is 1.38 bits per heavy atom. The van der Waals surface area contributed by atoms with Gasteiger partial charge in [-0.2, -0.15) is 0 Å². The third kappa shape index (κ3) is 3.89. The molecule has 0 spiro atoms. The SMILES string of the molecule is CNCCCNCc1sccc1C. The smallest absolute Gasteiger partial charge is 0.0302 e. The van der Waals surface area contributed by atoms with Crippen molar-refractivity contribution in [1.29, 1.82) is 0 Å². The topological polar surface area (TPSA) is 24.1 Å². The van der Waals surface area contributed by atoms with Gasteiger partial charge in [0, 0.05) is 11.4 Å². The number of hydrogen-bond donors (Lipinski definition) is 2. The second-order valence-corrected chi connectivity index (χ2v) is 4.16. The van der Waals surface area contributed by atoms with E-state index in [0.717, 1.165) is 19.6 Å². The van der Waals surface area contributed by atoms with E-state index in [1.54, 1.807) is 0 Å². The largest absolute Gasteiger partial charge is 0.320 e. The van der Waals surface area contributed by atoms with Gasteiger partial charge in [-0.1, -0.05) is 0 Å². The Morgan fingerprint density at radius 2 is 2.23 bits per heavy atom. The van der Waals surface area contributed by atoms with Crippen molar-refractivity contribution in [2.45, 2.75) is 19.9 Å². The summed E-state index contributed by atoms with van der Waals surface area (Å²) >= 11 is 1.84. The highest BCUT2D eigenvalue weighted by atomic mass is 32.1. The minimum absolute atomic E-state index is 1.02. The fourth-order valence-corrected chi connectivity index (χ4v) is 2.05. The van der Waals surface area contributed by atoms with E-state index in [1.165, 1.54) is 16.9 Å². The van der Waals surface area contributed by atoms with Gasteiger partial charge in [-0.15, -0.1) is 11.3 Å². The van der Waals surface area contributed by atoms with Gasteiger partial charge in [-0.25, -0.2) is 0 Å². The van der Waals surface area contributed by atoms with Crippen LogP contribution in [0.25, 0.3) is 0 Å². The molecule has 0 bridgehead atoms. The number of aryl methyl sites for hydroxylation is 1. The van der Waals surface area contributed by atoms with E-state index in [4.69, 9.17) is 0 Å². The molecule has 1 aromatic rings. The lowest BCUT2D eigenvalue weighted by molar-refractivity contribution is 0.628. The van der Waals surface area contributed by atoms with E-state index >= 15 is 0 Å². The Kier molecular flexibility index (Phi) is 5.05. The first-order valence-corrected chi connectivity index (χ1v) is 5.61. The molecule has 0 aliphatic heterocycles. The Hall–Kier alpha value is -0.380. The van der Waals surface area contributed by atoms with Gasteiger partial charge in [-0.05, 0) is 50.5 Å². The molecule has 0 fully saturated rings. The van der Waals surface area contributed by atoms with Gasteiger partial charge >= 0.3 is 0 Å². The average Bonchev–Trinajstić information content (AvgIpc) is 2.52. The van der Waals surface area contributed by atoms with Crippen LogP contribution in [0.15, 0.2) is 11.4 Å². The molecular weight excluding hydrogens is 180 g/mol. The van der Waals surface area contributed by atoms with Crippen LogP contribution in [0.3, 0.4) is 0 Å². The van der Waals surface area contributed by atoms with Crippen molar-refractivity contribution in [3.63, 3.8) is 0 Å². The maximum absolute atomic E-state index is 3.43. The summed E-state index contributed by atoms with van der Waals surface area (Å²) in [6, 6.07) is 2.18. The van der Waals surface area contributed by atoms with Gasteiger partial charge < -0.3 is 10.6 Å². The fourth-order valence-electron chi connectivity index (χ4n) is 1.18. The molecule has 13 heavy (non-hydrogen) atoms. The minimum atomic E-state index is 1.02. The van der Waals surface area contributed by atoms with E-state index in [0.29, 0.717) is 0 Å². The molecule has 1 rings (SSSR count). The second-order valence-electron chi connectivity index (χ2n) is 3.16. The molecule has 0 saturated carbocycles. The van der Waals surface area contributed by atoms with Crippen molar-refractivity contribution in [2.75, 3.05) is 20.1 Å². The summed E-state index contributed by atoms with van der Waals surface area (Å²) in [5.74, 6) is 0. The van der Waals surface area contributed by atoms with E-state index < -0.39 is 0 Å². The second kappa shape index (κ2) is 6.13. The van der Waals surface area contributed by atoms with E-state index in [2.05, 4.69) is 29.0 Å². The van der Waals surface area contributed by atoms with Crippen molar-refractivity contribution in [3.8, 4) is 0 Å². The lowest BCUT2D eigenvalue weighted by Gasteiger charge is -2.03. The average molecular weight is 198 g/mol. The van der Waals surface area contributed by atoms with Crippen molar-refractivity contribution >= 4 is 11.3 Å². The standard InChI is InChI=1S/C10H18N2S/c1-9-4-7-13-10(9)8-12-6-3-5-11-2/h4,7,11-12H,3,5-6,8H2,1-2H3. The van der Waals surface area contributed by atoms with Crippen LogP contribution in [0.4, 0.5) is 0 Å². The molecule has 2 nitrogen and oxygen atoms in total. The highest BCUT2D eigenvalue weighted by Crippen LogP contribution is 2.14. The van der Waals surface area contributed by atoms with E-state index in [1.807, 2.05) is 18.4 Å². The van der Waals surface area contributed by atoms with Gasteiger partial charge in [0.2, 0.25) is 0 Å². The van der Waals surface area contributed by atoms with Crippen LogP contribution < -0.4 is 10.6 Å². The first-order chi connectivity index (χ1) is 6.34. The quantitative estimate of drug-likeness (QED) is 0.681. The van der Waals surface area contributed by atoms with Gasteiger partial charge in [0.15, 0.2) is 0 Å². The summed E-state index contributed by atoms with van der Waals surface area (Å²) < 4.78 is 0. The van der Waals surface area contributed by atoms with Crippen molar-refractivity contribution in [1.82, 2.24) is 10.6 Å². The molecule has 0 aromatic carbocycles. The fraction of sp³-hybridized carbons (Fsp3) is 0.600. The molecule has 1 aromatic heterocycles. The van der Waals surface area contributed by atoms with Gasteiger partial charge in [0.25, 0.3) is 0 Å². The van der Waals surface area contributed by atoms with E-state index in [-0.39, 0.29) is 0 Å². The van der Waals surface area contributed by atoms with Gasteiger partial charge in [0.05, 0.1) is 0 Å². The molecule has 0 atom stereocenters. The maximum Gasteiger partial charge on any atom is 0.0302 e. The highest BCUT2D eigenvalue weighted by Gasteiger charge is 1.97. The van der Waals surface area contributed by atoms with E-state index in [9.17, 15) is 0 Å². The number of thiophene rings is 1. The van der Waals surface area contributed by atoms with Crippen LogP contribution >= 0.6 is 11.3 Å². The van der Waals surface area contributed by atoms with Crippen LogP contribution in [0, 0.1) is 6.92 Å². The van der Waals surface area contributed by atoms with Crippen LogP contribution in [0.1, 0.15) is 16.9 Å². The molecule has 0 aliphatic carbocycles. The molecule has 0 radical (unpaired) electrons. The van der Waals surface area contributed by atoms with Crippen LogP contribution in [-0.2, 0) is 6.54 Å². The molecule has 2 N–H and O–H groups in total. The molecule has 0 saturated heterocycles. The lowest BCUT2D eigenvalue weighted by atomic mass is 10.3. The summed E-state index contributed by atoms with van der Waals surface area (Å²) in [6.45, 7) is 5.38. The molecule has 0 amide bonds. The first-order valence-electron chi connectivity index (χ1n) is 4.73. The van der Waals surface area contributed by atoms with Crippen LogP contribution in [0.5, 0.6) is 0 Å². The molecular formula is C10H18N2S. The molecule has 0 unspecified atom stereocenters. The molecule has 0 aliphatic rings. The number of nitrogens with one attached hydrogen (secondary N) is 2. The van der Waals surface area contributed by atoms with Crippen LogP contribution in [0.2, 0.25) is 0 Å². The Labute approximate surface area is 84.4 Å². The summed E-state index contributed by atoms with van der Waals surface area (Å²) in [6.07, 6.45) is 1.20. The van der Waals surface area contributed by atoms with Crippen LogP contribution in [-0.4, -0.2) is 20.1 Å². The highest BCUT2D eigenvalue weighted by molar-refractivity contribution is 7.10. The molecule has 74 valence electrons. The number of hydrogen-bond acceptors (Lipinski definition) is 3. The third-order valence-electron chi connectivity index (χ3n) is 2.03. The Balaban J connectivity index is 2.10. The predicted octanol–water partition coefficient (Wildman–Crippen LogP) is 1.76. The maximum atomic E-state index is 3.43. The molecule has 3 heteroatoms. The summed E-state index contributed by atoms with van der Waals surface area (Å²) in [5.41, 5.74) is 1.41. The van der Waals surface area contributed by atoms with Gasteiger partial charge in [-0.3, -0.25) is 0 Å². The monoisotopic (exact) mass is 198 g/mol.